The highest BCUT2D eigenvalue weighted by molar-refractivity contribution is 5.82. The minimum atomic E-state index is -0.141. The molecule has 0 fully saturated rings. The Kier molecular flexibility index (Phi) is 4.24. The second-order valence-corrected chi connectivity index (χ2v) is 7.21. The second kappa shape index (κ2) is 7.05. The predicted octanol–water partition coefficient (Wildman–Crippen LogP) is 2.83. The van der Waals surface area contributed by atoms with Crippen molar-refractivity contribution in [1.82, 2.24) is 19.2 Å². The molecule has 2 aromatic heterocycles. The number of rotatable bonds is 3. The molecule has 0 saturated carbocycles. The molecule has 4 aromatic rings. The second-order valence-electron chi connectivity index (χ2n) is 7.21. The van der Waals surface area contributed by atoms with Gasteiger partial charge in [-0.15, -0.1) is 0 Å². The fourth-order valence-electron chi connectivity index (χ4n) is 4.14. The lowest BCUT2D eigenvalue weighted by molar-refractivity contribution is -0.134. The van der Waals surface area contributed by atoms with Crippen LogP contribution in [0.15, 0.2) is 83.9 Å². The molecule has 2 aromatic carbocycles. The van der Waals surface area contributed by atoms with E-state index in [4.69, 9.17) is 0 Å². The van der Waals surface area contributed by atoms with Crippen LogP contribution in [0.5, 0.6) is 0 Å². The molecule has 1 unspecified atom stereocenters. The number of amides is 1. The molecule has 1 aliphatic heterocycles. The maximum absolute atomic E-state index is 13.4. The summed E-state index contributed by atoms with van der Waals surface area (Å²) in [6.07, 6.45) is 3.34. The summed E-state index contributed by atoms with van der Waals surface area (Å²) in [6.45, 7) is 1.47. The highest BCUT2D eigenvalue weighted by Gasteiger charge is 2.32. The summed E-state index contributed by atoms with van der Waals surface area (Å²) in [7, 11) is 0. The van der Waals surface area contributed by atoms with Crippen LogP contribution in [0, 0.1) is 0 Å². The van der Waals surface area contributed by atoms with E-state index in [1.54, 1.807) is 10.7 Å². The van der Waals surface area contributed by atoms with Gasteiger partial charge in [-0.1, -0.05) is 42.5 Å². The van der Waals surface area contributed by atoms with Crippen LogP contribution in [0.3, 0.4) is 0 Å². The van der Waals surface area contributed by atoms with Crippen LogP contribution in [-0.4, -0.2) is 31.7 Å². The van der Waals surface area contributed by atoms with Gasteiger partial charge < -0.3 is 9.47 Å². The molecule has 0 saturated heterocycles. The first kappa shape index (κ1) is 17.4. The van der Waals surface area contributed by atoms with Gasteiger partial charge in [-0.3, -0.25) is 14.3 Å². The summed E-state index contributed by atoms with van der Waals surface area (Å²) in [5.74, 6) is -0.0207. The van der Waals surface area contributed by atoms with Gasteiger partial charge in [-0.05, 0) is 29.8 Å². The Morgan fingerprint density at radius 3 is 2.62 bits per heavy atom. The first-order valence-corrected chi connectivity index (χ1v) is 9.67. The van der Waals surface area contributed by atoms with Gasteiger partial charge in [0.2, 0.25) is 11.3 Å². The van der Waals surface area contributed by atoms with Crippen molar-refractivity contribution in [1.29, 1.82) is 0 Å². The molecule has 0 radical (unpaired) electrons. The normalized spacial score (nSPS) is 16.0. The Labute approximate surface area is 167 Å². The number of benzene rings is 2. The smallest absolute Gasteiger partial charge is 0.245 e. The van der Waals surface area contributed by atoms with Gasteiger partial charge in [0.1, 0.15) is 6.54 Å². The van der Waals surface area contributed by atoms with E-state index >= 15 is 0 Å². The molecule has 1 amide bonds. The van der Waals surface area contributed by atoms with E-state index < -0.39 is 0 Å². The van der Waals surface area contributed by atoms with E-state index in [0.29, 0.717) is 17.4 Å². The van der Waals surface area contributed by atoms with Gasteiger partial charge >= 0.3 is 0 Å². The average molecular weight is 384 g/mol. The SMILES string of the molecule is O=C(Cn1ncc(=O)c2ccccc21)N1CCn2cccc2C1c1ccccc1. The number of fused-ring (bicyclic) bond motifs is 2. The molecule has 144 valence electrons. The van der Waals surface area contributed by atoms with Crippen LogP contribution >= 0.6 is 0 Å². The summed E-state index contributed by atoms with van der Waals surface area (Å²) in [4.78, 5) is 27.4. The topological polar surface area (TPSA) is 60.1 Å². The number of para-hydroxylation sites is 1. The summed E-state index contributed by atoms with van der Waals surface area (Å²) in [5, 5.41) is 4.80. The van der Waals surface area contributed by atoms with Gasteiger partial charge in [-0.2, -0.15) is 5.10 Å². The molecular weight excluding hydrogens is 364 g/mol. The van der Waals surface area contributed by atoms with E-state index in [0.717, 1.165) is 17.8 Å². The summed E-state index contributed by atoms with van der Waals surface area (Å²) in [6, 6.07) is 21.3. The molecule has 6 nitrogen and oxygen atoms in total. The zero-order valence-electron chi connectivity index (χ0n) is 15.8. The van der Waals surface area contributed by atoms with Gasteiger partial charge in [0.05, 0.1) is 17.8 Å². The van der Waals surface area contributed by atoms with Gasteiger partial charge in [0.25, 0.3) is 0 Å². The summed E-state index contributed by atoms with van der Waals surface area (Å²) >= 11 is 0. The molecule has 5 rings (SSSR count). The first-order valence-electron chi connectivity index (χ1n) is 9.67. The molecule has 0 bridgehead atoms. The molecule has 0 spiro atoms. The fourth-order valence-corrected chi connectivity index (χ4v) is 4.14. The predicted molar refractivity (Wildman–Crippen MR) is 110 cm³/mol. The summed E-state index contributed by atoms with van der Waals surface area (Å²) < 4.78 is 3.82. The monoisotopic (exact) mass is 384 g/mol. The van der Waals surface area contributed by atoms with Crippen molar-refractivity contribution in [2.45, 2.75) is 19.1 Å². The Morgan fingerprint density at radius 2 is 1.76 bits per heavy atom. The van der Waals surface area contributed by atoms with Crippen molar-refractivity contribution in [3.63, 3.8) is 0 Å². The zero-order valence-corrected chi connectivity index (χ0v) is 15.8. The number of hydrogen-bond donors (Lipinski definition) is 0. The molecule has 29 heavy (non-hydrogen) atoms. The van der Waals surface area contributed by atoms with E-state index in [2.05, 4.69) is 34.1 Å². The van der Waals surface area contributed by atoms with Crippen LogP contribution in [0.2, 0.25) is 0 Å². The van der Waals surface area contributed by atoms with Crippen molar-refractivity contribution in [2.75, 3.05) is 6.54 Å². The lowest BCUT2D eigenvalue weighted by Crippen LogP contribution is -2.44. The van der Waals surface area contributed by atoms with E-state index in [1.807, 2.05) is 47.4 Å². The van der Waals surface area contributed by atoms with Crippen LogP contribution < -0.4 is 5.43 Å². The lowest BCUT2D eigenvalue weighted by Gasteiger charge is -2.37. The van der Waals surface area contributed by atoms with Crippen LogP contribution in [0.1, 0.15) is 17.3 Å². The lowest BCUT2D eigenvalue weighted by atomic mass is 10.00. The standard InChI is InChI=1S/C23H20N4O2/c28-21-15-24-27(19-10-5-4-9-18(19)21)16-22(29)26-14-13-25-12-6-11-20(25)23(26)17-7-2-1-3-8-17/h1-12,15,23H,13-14,16H2. The average Bonchev–Trinajstić information content (AvgIpc) is 3.24. The van der Waals surface area contributed by atoms with E-state index in [-0.39, 0.29) is 23.9 Å². The molecule has 6 heteroatoms. The highest BCUT2D eigenvalue weighted by Crippen LogP contribution is 2.32. The van der Waals surface area contributed by atoms with E-state index in [1.165, 1.54) is 6.20 Å². The van der Waals surface area contributed by atoms with Crippen molar-refractivity contribution in [3.05, 3.63) is 101 Å². The third kappa shape index (κ3) is 3.02. The summed E-state index contributed by atoms with van der Waals surface area (Å²) in [5.41, 5.74) is 2.72. The fraction of sp³-hybridized carbons (Fsp3) is 0.174. The van der Waals surface area contributed by atoms with Crippen molar-refractivity contribution in [2.24, 2.45) is 0 Å². The number of nitrogens with zero attached hydrogens (tertiary/aromatic N) is 4. The van der Waals surface area contributed by atoms with Gasteiger partial charge in [-0.25, -0.2) is 0 Å². The third-order valence-electron chi connectivity index (χ3n) is 5.52. The van der Waals surface area contributed by atoms with Gasteiger partial charge in [0.15, 0.2) is 0 Å². The maximum Gasteiger partial charge on any atom is 0.245 e. The Hall–Kier alpha value is -3.67. The van der Waals surface area contributed by atoms with E-state index in [9.17, 15) is 9.59 Å². The zero-order chi connectivity index (χ0) is 19.8. The van der Waals surface area contributed by atoms with Crippen LogP contribution in [0.4, 0.5) is 0 Å². The third-order valence-corrected chi connectivity index (χ3v) is 5.52. The van der Waals surface area contributed by atoms with Crippen molar-refractivity contribution in [3.8, 4) is 0 Å². The molecule has 3 heterocycles. The number of carbonyl (C=O) groups is 1. The largest absolute Gasteiger partial charge is 0.348 e. The molecule has 1 aliphatic rings. The van der Waals surface area contributed by atoms with Crippen LogP contribution in [-0.2, 0) is 17.9 Å². The minimum Gasteiger partial charge on any atom is -0.348 e. The molecule has 1 atom stereocenters. The number of aromatic nitrogens is 3. The van der Waals surface area contributed by atoms with Gasteiger partial charge in [0, 0.05) is 30.4 Å². The Bertz CT molecular complexity index is 1240. The minimum absolute atomic E-state index is 0.0207. The Morgan fingerprint density at radius 1 is 0.966 bits per heavy atom. The quantitative estimate of drug-likeness (QED) is 0.546. The number of hydrogen-bond acceptors (Lipinski definition) is 3. The highest BCUT2D eigenvalue weighted by atomic mass is 16.2. The molecule has 0 N–H and O–H groups in total. The van der Waals surface area contributed by atoms with Crippen LogP contribution in [0.25, 0.3) is 10.9 Å². The molecule has 0 aliphatic carbocycles. The van der Waals surface area contributed by atoms with Crippen molar-refractivity contribution < 1.29 is 4.79 Å². The first-order chi connectivity index (χ1) is 14.2. The Balaban J connectivity index is 1.53. The molecular formula is C23H20N4O2. The van der Waals surface area contributed by atoms with Crippen molar-refractivity contribution >= 4 is 16.8 Å². The number of carbonyl (C=O) groups excluding carboxylic acids is 1. The maximum atomic E-state index is 13.4.